The second-order valence-corrected chi connectivity index (χ2v) is 5.86. The first-order valence-electron chi connectivity index (χ1n) is 7.90. The highest BCUT2D eigenvalue weighted by Crippen LogP contribution is 2.20. The summed E-state index contributed by atoms with van der Waals surface area (Å²) < 4.78 is 26.5. The number of carboxylic acid groups (broad SMARTS) is 1. The van der Waals surface area contributed by atoms with Crippen LogP contribution in [0.2, 0.25) is 0 Å². The van der Waals surface area contributed by atoms with Gasteiger partial charge in [0.25, 0.3) is 5.91 Å². The molecule has 0 spiro atoms. The highest BCUT2D eigenvalue weighted by atomic mass is 19.1. The van der Waals surface area contributed by atoms with Gasteiger partial charge in [-0.2, -0.15) is 0 Å². The van der Waals surface area contributed by atoms with Crippen LogP contribution in [0, 0.1) is 11.6 Å². The molecule has 132 valence electrons. The number of amides is 1. The van der Waals surface area contributed by atoms with Crippen LogP contribution in [0.15, 0.2) is 60.7 Å². The topological polar surface area (TPSA) is 66.4 Å². The van der Waals surface area contributed by atoms with Crippen molar-refractivity contribution in [3.63, 3.8) is 0 Å². The maximum atomic E-state index is 13.3. The van der Waals surface area contributed by atoms with E-state index < -0.39 is 29.6 Å². The maximum absolute atomic E-state index is 13.3. The first-order valence-corrected chi connectivity index (χ1v) is 7.90. The molecular formula is C20H15F2NO3. The molecule has 0 unspecified atom stereocenters. The third-order valence-electron chi connectivity index (χ3n) is 4.03. The van der Waals surface area contributed by atoms with E-state index >= 15 is 0 Å². The van der Waals surface area contributed by atoms with Gasteiger partial charge < -0.3 is 10.4 Å². The molecule has 4 nitrogen and oxygen atoms in total. The second kappa shape index (κ2) is 7.31. The zero-order chi connectivity index (χ0) is 18.7. The number of rotatable bonds is 5. The molecule has 0 saturated heterocycles. The summed E-state index contributed by atoms with van der Waals surface area (Å²) in [6.45, 7) is 0. The summed E-state index contributed by atoms with van der Waals surface area (Å²) in [5, 5.41) is 13.6. The van der Waals surface area contributed by atoms with Gasteiger partial charge in [0.2, 0.25) is 0 Å². The molecule has 0 radical (unpaired) electrons. The molecular weight excluding hydrogens is 340 g/mol. The van der Waals surface area contributed by atoms with E-state index in [2.05, 4.69) is 5.32 Å². The molecule has 0 fully saturated rings. The minimum absolute atomic E-state index is 0.0419. The SMILES string of the molecule is O=C(N[C@@H](Cc1cccc2ccccc12)C(=O)O)c1cc(F)cc(F)c1. The molecule has 1 atom stereocenters. The van der Waals surface area contributed by atoms with E-state index in [-0.39, 0.29) is 12.0 Å². The van der Waals surface area contributed by atoms with Crippen molar-refractivity contribution in [2.45, 2.75) is 12.5 Å². The fraction of sp³-hybridized carbons (Fsp3) is 0.100. The minimum atomic E-state index is -1.24. The van der Waals surface area contributed by atoms with E-state index in [9.17, 15) is 23.5 Å². The third kappa shape index (κ3) is 3.85. The molecule has 26 heavy (non-hydrogen) atoms. The van der Waals surface area contributed by atoms with Crippen molar-refractivity contribution in [2.24, 2.45) is 0 Å². The van der Waals surface area contributed by atoms with Crippen LogP contribution in [0.4, 0.5) is 8.78 Å². The number of carbonyl (C=O) groups excluding carboxylic acids is 1. The van der Waals surface area contributed by atoms with E-state index in [1.807, 2.05) is 30.3 Å². The van der Waals surface area contributed by atoms with Gasteiger partial charge in [-0.1, -0.05) is 42.5 Å². The van der Waals surface area contributed by atoms with Crippen LogP contribution in [-0.4, -0.2) is 23.0 Å². The van der Waals surface area contributed by atoms with Crippen molar-refractivity contribution in [1.29, 1.82) is 0 Å². The van der Waals surface area contributed by atoms with Gasteiger partial charge >= 0.3 is 5.97 Å². The normalized spacial score (nSPS) is 11.9. The van der Waals surface area contributed by atoms with Crippen LogP contribution >= 0.6 is 0 Å². The van der Waals surface area contributed by atoms with E-state index in [0.29, 0.717) is 6.07 Å². The maximum Gasteiger partial charge on any atom is 0.326 e. The first-order chi connectivity index (χ1) is 12.4. The molecule has 3 rings (SSSR count). The summed E-state index contributed by atoms with van der Waals surface area (Å²) in [7, 11) is 0. The Hall–Kier alpha value is -3.28. The molecule has 6 heteroatoms. The Kier molecular flexibility index (Phi) is 4.93. The fourth-order valence-electron chi connectivity index (χ4n) is 2.82. The number of aliphatic carboxylic acids is 1. The number of halogens is 2. The summed E-state index contributed by atoms with van der Waals surface area (Å²) in [4.78, 5) is 23.8. The number of hydrogen-bond acceptors (Lipinski definition) is 2. The molecule has 0 aromatic heterocycles. The number of hydrogen-bond donors (Lipinski definition) is 2. The molecule has 0 bridgehead atoms. The number of carbonyl (C=O) groups is 2. The van der Waals surface area contributed by atoms with Gasteiger partial charge in [-0.15, -0.1) is 0 Å². The van der Waals surface area contributed by atoms with Gasteiger partial charge in [0.15, 0.2) is 0 Å². The van der Waals surface area contributed by atoms with Gasteiger partial charge in [0, 0.05) is 18.1 Å². The van der Waals surface area contributed by atoms with Crippen LogP contribution in [0.25, 0.3) is 10.8 Å². The minimum Gasteiger partial charge on any atom is -0.480 e. The lowest BCUT2D eigenvalue weighted by Crippen LogP contribution is -2.42. The Morgan fingerprint density at radius 3 is 2.31 bits per heavy atom. The van der Waals surface area contributed by atoms with Crippen molar-refractivity contribution in [3.8, 4) is 0 Å². The van der Waals surface area contributed by atoms with Crippen molar-refractivity contribution in [2.75, 3.05) is 0 Å². The molecule has 0 heterocycles. The zero-order valence-corrected chi connectivity index (χ0v) is 13.6. The van der Waals surface area contributed by atoms with Crippen LogP contribution in [-0.2, 0) is 11.2 Å². The van der Waals surface area contributed by atoms with E-state index in [0.717, 1.165) is 28.5 Å². The fourth-order valence-corrected chi connectivity index (χ4v) is 2.82. The van der Waals surface area contributed by atoms with E-state index in [1.54, 1.807) is 12.1 Å². The number of carboxylic acids is 1. The first kappa shape index (κ1) is 17.5. The molecule has 0 aliphatic heterocycles. The van der Waals surface area contributed by atoms with Crippen LogP contribution in [0.3, 0.4) is 0 Å². The molecule has 0 aliphatic rings. The third-order valence-corrected chi connectivity index (χ3v) is 4.03. The lowest BCUT2D eigenvalue weighted by molar-refractivity contribution is -0.139. The van der Waals surface area contributed by atoms with Crippen molar-refractivity contribution in [3.05, 3.63) is 83.4 Å². The summed E-state index contributed by atoms with van der Waals surface area (Å²) in [6, 6.07) is 14.1. The highest BCUT2D eigenvalue weighted by Gasteiger charge is 2.22. The summed E-state index contributed by atoms with van der Waals surface area (Å²) in [5.74, 6) is -3.90. The Balaban J connectivity index is 1.85. The average molecular weight is 355 g/mol. The zero-order valence-electron chi connectivity index (χ0n) is 13.6. The van der Waals surface area contributed by atoms with Gasteiger partial charge in [0.05, 0.1) is 0 Å². The van der Waals surface area contributed by atoms with E-state index in [4.69, 9.17) is 0 Å². The molecule has 1 amide bonds. The van der Waals surface area contributed by atoms with Crippen LogP contribution < -0.4 is 5.32 Å². The second-order valence-electron chi connectivity index (χ2n) is 5.86. The predicted molar refractivity (Wildman–Crippen MR) is 92.9 cm³/mol. The van der Waals surface area contributed by atoms with Crippen molar-refractivity contribution in [1.82, 2.24) is 5.32 Å². The quantitative estimate of drug-likeness (QED) is 0.736. The van der Waals surface area contributed by atoms with Gasteiger partial charge in [-0.25, -0.2) is 13.6 Å². The van der Waals surface area contributed by atoms with Gasteiger partial charge in [-0.3, -0.25) is 4.79 Å². The van der Waals surface area contributed by atoms with Crippen LogP contribution in [0.5, 0.6) is 0 Å². The van der Waals surface area contributed by atoms with Crippen molar-refractivity contribution >= 4 is 22.6 Å². The predicted octanol–water partition coefficient (Wildman–Crippen LogP) is 3.54. The molecule has 2 N–H and O–H groups in total. The monoisotopic (exact) mass is 355 g/mol. The highest BCUT2D eigenvalue weighted by molar-refractivity contribution is 5.97. The molecule has 3 aromatic rings. The lowest BCUT2D eigenvalue weighted by Gasteiger charge is -2.16. The summed E-state index contributed by atoms with van der Waals surface area (Å²) >= 11 is 0. The Morgan fingerprint density at radius 1 is 0.962 bits per heavy atom. The number of nitrogens with one attached hydrogen (secondary N) is 1. The van der Waals surface area contributed by atoms with E-state index in [1.165, 1.54) is 0 Å². The number of benzene rings is 3. The standard InChI is InChI=1S/C20H15F2NO3/c21-15-8-14(9-16(22)11-15)19(24)23-18(20(25)26)10-13-6-3-5-12-4-1-2-7-17(12)13/h1-9,11,18H,10H2,(H,23,24)(H,25,26)/t18-/m0/s1. The lowest BCUT2D eigenvalue weighted by atomic mass is 9.98. The Morgan fingerprint density at radius 2 is 1.62 bits per heavy atom. The van der Waals surface area contributed by atoms with Crippen molar-refractivity contribution < 1.29 is 23.5 Å². The van der Waals surface area contributed by atoms with Gasteiger partial charge in [0.1, 0.15) is 17.7 Å². The summed E-state index contributed by atoms with van der Waals surface area (Å²) in [5.41, 5.74) is 0.480. The van der Waals surface area contributed by atoms with Crippen LogP contribution in [0.1, 0.15) is 15.9 Å². The number of fused-ring (bicyclic) bond motifs is 1. The molecule has 0 saturated carbocycles. The average Bonchev–Trinajstić information content (AvgIpc) is 2.60. The largest absolute Gasteiger partial charge is 0.480 e. The smallest absolute Gasteiger partial charge is 0.326 e. The Labute approximate surface area is 148 Å². The molecule has 3 aromatic carbocycles. The molecule has 0 aliphatic carbocycles. The van der Waals surface area contributed by atoms with Gasteiger partial charge in [-0.05, 0) is 28.5 Å². The summed E-state index contributed by atoms with van der Waals surface area (Å²) in [6.07, 6.45) is 0.0419. The Bertz CT molecular complexity index is 962.